The summed E-state index contributed by atoms with van der Waals surface area (Å²) in [5.74, 6) is 1.43. The SMILES string of the molecule is CC(C)/C=C/CN1CCC(CCO)CC1.[Ac]. The molecule has 1 heterocycles. The smallest absolute Gasteiger partial charge is 0.0433 e. The van der Waals surface area contributed by atoms with Gasteiger partial charge in [0.25, 0.3) is 0 Å². The minimum Gasteiger partial charge on any atom is -0.396 e. The van der Waals surface area contributed by atoms with Gasteiger partial charge in [0.1, 0.15) is 0 Å². The van der Waals surface area contributed by atoms with Crippen LogP contribution in [-0.2, 0) is 0 Å². The van der Waals surface area contributed by atoms with Gasteiger partial charge in [0.05, 0.1) is 0 Å². The van der Waals surface area contributed by atoms with E-state index in [1.807, 2.05) is 0 Å². The number of allylic oxidation sites excluding steroid dienone is 1. The molecule has 1 rings (SSSR count). The maximum Gasteiger partial charge on any atom is 0.0433 e. The standard InChI is InChI=1S/C13H25NO.Ac/c1-12(2)4-3-8-14-9-5-13(6-10-14)7-11-15;/h3-4,12-13,15H,5-11H2,1-2H3;/b4-3+;. The van der Waals surface area contributed by atoms with Gasteiger partial charge in [-0.1, -0.05) is 26.0 Å². The first-order chi connectivity index (χ1) is 7.22. The van der Waals surface area contributed by atoms with Crippen molar-refractivity contribution in [3.8, 4) is 0 Å². The van der Waals surface area contributed by atoms with Gasteiger partial charge < -0.3 is 5.11 Å². The fourth-order valence-electron chi connectivity index (χ4n) is 2.12. The van der Waals surface area contributed by atoms with Gasteiger partial charge in [-0.25, -0.2) is 0 Å². The number of hydrogen-bond acceptors (Lipinski definition) is 2. The number of aliphatic hydroxyl groups excluding tert-OH is 1. The Morgan fingerprint density at radius 3 is 2.44 bits per heavy atom. The van der Waals surface area contributed by atoms with Crippen molar-refractivity contribution in [2.75, 3.05) is 26.2 Å². The minimum atomic E-state index is 0. The molecule has 91 valence electrons. The summed E-state index contributed by atoms with van der Waals surface area (Å²) in [6.45, 7) is 8.29. The van der Waals surface area contributed by atoms with E-state index in [9.17, 15) is 0 Å². The van der Waals surface area contributed by atoms with Crippen LogP contribution in [0.5, 0.6) is 0 Å². The number of hydrogen-bond donors (Lipinski definition) is 1. The van der Waals surface area contributed by atoms with Gasteiger partial charge in [-0.15, -0.1) is 0 Å². The zero-order chi connectivity index (χ0) is 11.1. The van der Waals surface area contributed by atoms with E-state index in [-0.39, 0.29) is 44.1 Å². The monoisotopic (exact) mass is 438 g/mol. The van der Waals surface area contributed by atoms with E-state index in [4.69, 9.17) is 5.11 Å². The van der Waals surface area contributed by atoms with E-state index in [0.717, 1.165) is 18.9 Å². The maximum absolute atomic E-state index is 8.86. The molecule has 1 N–H and O–H groups in total. The molecule has 0 aromatic carbocycles. The normalized spacial score (nSPS) is 19.2. The van der Waals surface area contributed by atoms with Crippen LogP contribution in [0.15, 0.2) is 12.2 Å². The van der Waals surface area contributed by atoms with Crippen molar-refractivity contribution in [2.45, 2.75) is 33.1 Å². The average molecular weight is 438 g/mol. The van der Waals surface area contributed by atoms with E-state index in [1.54, 1.807) is 0 Å². The van der Waals surface area contributed by atoms with Crippen molar-refractivity contribution >= 4 is 0 Å². The van der Waals surface area contributed by atoms with E-state index in [1.165, 1.54) is 25.9 Å². The van der Waals surface area contributed by atoms with E-state index in [2.05, 4.69) is 30.9 Å². The molecule has 0 spiro atoms. The van der Waals surface area contributed by atoms with Crippen LogP contribution >= 0.6 is 0 Å². The molecule has 0 atom stereocenters. The molecule has 0 aromatic rings. The number of rotatable bonds is 5. The van der Waals surface area contributed by atoms with Crippen molar-refractivity contribution in [3.63, 3.8) is 0 Å². The van der Waals surface area contributed by atoms with Gasteiger partial charge in [0, 0.05) is 57.2 Å². The predicted octanol–water partition coefficient (Wildman–Crippen LogP) is 2.29. The van der Waals surface area contributed by atoms with E-state index >= 15 is 0 Å². The molecular formula is C13H25AcNO. The first-order valence-corrected chi connectivity index (χ1v) is 6.22. The summed E-state index contributed by atoms with van der Waals surface area (Å²) in [7, 11) is 0. The molecule has 1 aliphatic rings. The number of piperidine rings is 1. The van der Waals surface area contributed by atoms with Crippen LogP contribution in [-0.4, -0.2) is 36.2 Å². The second-order valence-corrected chi connectivity index (χ2v) is 4.93. The summed E-state index contributed by atoms with van der Waals surface area (Å²) in [5.41, 5.74) is 0. The van der Waals surface area contributed by atoms with Gasteiger partial charge >= 0.3 is 0 Å². The van der Waals surface area contributed by atoms with Crippen molar-refractivity contribution in [2.24, 2.45) is 11.8 Å². The predicted molar refractivity (Wildman–Crippen MR) is 64.8 cm³/mol. The molecule has 0 amide bonds. The third-order valence-corrected chi connectivity index (χ3v) is 3.13. The number of nitrogens with zero attached hydrogens (tertiary/aromatic N) is 1. The van der Waals surface area contributed by atoms with Gasteiger partial charge in [-0.2, -0.15) is 0 Å². The molecule has 0 aliphatic carbocycles. The Hall–Kier alpha value is 1.10. The molecule has 0 unspecified atom stereocenters. The van der Waals surface area contributed by atoms with Gasteiger partial charge in [-0.05, 0) is 44.2 Å². The van der Waals surface area contributed by atoms with E-state index < -0.39 is 0 Å². The third kappa shape index (κ3) is 7.43. The first-order valence-electron chi connectivity index (χ1n) is 6.22. The van der Waals surface area contributed by atoms with Crippen LogP contribution < -0.4 is 0 Å². The molecule has 16 heavy (non-hydrogen) atoms. The summed E-state index contributed by atoms with van der Waals surface area (Å²) in [6.07, 6.45) is 8.08. The molecule has 1 saturated heterocycles. The van der Waals surface area contributed by atoms with Gasteiger partial charge in [-0.3, -0.25) is 4.90 Å². The molecule has 1 aliphatic heterocycles. The Morgan fingerprint density at radius 2 is 1.94 bits per heavy atom. The van der Waals surface area contributed by atoms with Crippen molar-refractivity contribution in [1.29, 1.82) is 0 Å². The fraction of sp³-hybridized carbons (Fsp3) is 0.846. The number of likely N-dealkylation sites (tertiary alicyclic amines) is 1. The average Bonchev–Trinajstić information content (AvgIpc) is 2.20. The minimum absolute atomic E-state index is 0. The van der Waals surface area contributed by atoms with Crippen LogP contribution in [0.25, 0.3) is 0 Å². The Morgan fingerprint density at radius 1 is 1.31 bits per heavy atom. The molecule has 0 saturated carbocycles. The molecule has 3 heteroatoms. The van der Waals surface area contributed by atoms with Crippen LogP contribution in [0, 0.1) is 55.9 Å². The zero-order valence-electron chi connectivity index (χ0n) is 10.7. The van der Waals surface area contributed by atoms with Crippen molar-refractivity contribution in [1.82, 2.24) is 4.90 Å². The largest absolute Gasteiger partial charge is 0.396 e. The second kappa shape index (κ2) is 10.1. The molecule has 1 radical (unpaired) electrons. The van der Waals surface area contributed by atoms with Crippen LogP contribution in [0.3, 0.4) is 0 Å². The molecule has 2 nitrogen and oxygen atoms in total. The van der Waals surface area contributed by atoms with Crippen LogP contribution in [0.1, 0.15) is 33.1 Å². The first kappa shape index (κ1) is 17.1. The van der Waals surface area contributed by atoms with E-state index in [0.29, 0.717) is 12.5 Å². The Bertz CT molecular complexity index is 186. The Labute approximate surface area is 136 Å². The summed E-state index contributed by atoms with van der Waals surface area (Å²) < 4.78 is 0. The maximum atomic E-state index is 8.86. The van der Waals surface area contributed by atoms with Gasteiger partial charge in [0.15, 0.2) is 0 Å². The Kier molecular flexibility index (Phi) is 10.8. The summed E-state index contributed by atoms with van der Waals surface area (Å²) in [4.78, 5) is 2.51. The third-order valence-electron chi connectivity index (χ3n) is 3.13. The molecule has 0 aromatic heterocycles. The summed E-state index contributed by atoms with van der Waals surface area (Å²) in [5, 5.41) is 8.86. The van der Waals surface area contributed by atoms with Crippen molar-refractivity contribution in [3.05, 3.63) is 12.2 Å². The second-order valence-electron chi connectivity index (χ2n) is 4.93. The quantitative estimate of drug-likeness (QED) is 0.667. The molecule has 0 bridgehead atoms. The Balaban J connectivity index is 0.00000225. The summed E-state index contributed by atoms with van der Waals surface area (Å²) >= 11 is 0. The topological polar surface area (TPSA) is 23.5 Å². The number of aliphatic hydroxyl groups is 1. The molecule has 1 fully saturated rings. The van der Waals surface area contributed by atoms with Crippen LogP contribution in [0.2, 0.25) is 0 Å². The zero-order valence-corrected chi connectivity index (χ0v) is 15.5. The summed E-state index contributed by atoms with van der Waals surface area (Å²) in [6, 6.07) is 0. The van der Waals surface area contributed by atoms with Crippen molar-refractivity contribution < 1.29 is 49.2 Å². The van der Waals surface area contributed by atoms with Gasteiger partial charge in [0.2, 0.25) is 0 Å². The molecular weight excluding hydrogens is 413 g/mol. The fourth-order valence-corrected chi connectivity index (χ4v) is 2.12. The van der Waals surface area contributed by atoms with Crippen LogP contribution in [0.4, 0.5) is 0 Å².